The minimum Gasteiger partial charge on any atom is -0.382 e. The summed E-state index contributed by atoms with van der Waals surface area (Å²) in [4.78, 5) is 12.1. The molecule has 0 aliphatic carbocycles. The maximum absolute atomic E-state index is 9.52. The summed E-state index contributed by atoms with van der Waals surface area (Å²) in [6, 6.07) is 0. The van der Waals surface area contributed by atoms with Gasteiger partial charge in [-0.15, -0.1) is 9.24 Å². The Bertz CT molecular complexity index is 517. The van der Waals surface area contributed by atoms with Gasteiger partial charge in [0.05, 0.1) is 6.33 Å². The second-order valence-electron chi connectivity index (χ2n) is 3.62. The molecule has 0 radical (unpaired) electrons. The van der Waals surface area contributed by atoms with E-state index >= 15 is 0 Å². The maximum Gasteiger partial charge on any atom is 0.165 e. The van der Waals surface area contributed by atoms with Crippen LogP contribution >= 0.6 is 9.24 Å². The summed E-state index contributed by atoms with van der Waals surface area (Å²) >= 11 is 0. The van der Waals surface area contributed by atoms with Crippen molar-refractivity contribution in [2.24, 2.45) is 0 Å². The van der Waals surface area contributed by atoms with Crippen LogP contribution in [0.5, 0.6) is 0 Å². The average molecular weight is 255 g/mol. The zero-order valence-corrected chi connectivity index (χ0v) is 10.5. The average Bonchev–Trinajstić information content (AvgIpc) is 2.73. The molecule has 3 atom stereocenters. The highest BCUT2D eigenvalue weighted by Crippen LogP contribution is 2.17. The summed E-state index contributed by atoms with van der Waals surface area (Å²) in [6.45, 7) is 0.507. The van der Waals surface area contributed by atoms with E-state index < -0.39 is 6.29 Å². The van der Waals surface area contributed by atoms with Crippen molar-refractivity contribution in [3.63, 3.8) is 0 Å². The molecule has 0 saturated heterocycles. The van der Waals surface area contributed by atoms with E-state index in [2.05, 4.69) is 24.2 Å². The third kappa shape index (κ3) is 2.36. The fourth-order valence-corrected chi connectivity index (χ4v) is 1.91. The van der Waals surface area contributed by atoms with Gasteiger partial charge in [-0.25, -0.2) is 15.0 Å². The van der Waals surface area contributed by atoms with E-state index in [1.165, 1.54) is 13.4 Å². The summed E-state index contributed by atoms with van der Waals surface area (Å²) in [5, 5.41) is 9.52. The van der Waals surface area contributed by atoms with Crippen LogP contribution in [0, 0.1) is 0 Å². The number of aliphatic hydroxyl groups excluding tert-OH is 1. The number of ether oxygens (including phenoxy) is 1. The number of nitrogens with two attached hydrogens (primary N) is 1. The highest BCUT2D eigenvalue weighted by molar-refractivity contribution is 7.17. The smallest absolute Gasteiger partial charge is 0.165 e. The van der Waals surface area contributed by atoms with Crippen LogP contribution in [0.4, 0.5) is 5.82 Å². The fourth-order valence-electron chi connectivity index (χ4n) is 1.52. The predicted octanol–water partition coefficient (Wildman–Crippen LogP) is -0.383. The van der Waals surface area contributed by atoms with Crippen LogP contribution < -0.4 is 5.73 Å². The Morgan fingerprint density at radius 2 is 2.29 bits per heavy atom. The molecule has 2 heterocycles. The van der Waals surface area contributed by atoms with Crippen LogP contribution in [0.2, 0.25) is 0 Å². The lowest BCUT2D eigenvalue weighted by atomic mass is 10.4. The zero-order valence-electron chi connectivity index (χ0n) is 9.32. The lowest BCUT2D eigenvalue weighted by molar-refractivity contribution is -0.0757. The van der Waals surface area contributed by atoms with Crippen molar-refractivity contribution in [2.45, 2.75) is 18.5 Å². The summed E-state index contributed by atoms with van der Waals surface area (Å²) < 4.78 is 6.64. The molecule has 0 aliphatic rings. The fraction of sp³-hybridized carbons (Fsp3) is 0.444. The third-order valence-corrected chi connectivity index (χ3v) is 2.98. The molecule has 2 rings (SSSR count). The van der Waals surface area contributed by atoms with Crippen LogP contribution in [-0.2, 0) is 11.3 Å². The first-order valence-corrected chi connectivity index (χ1v) is 5.68. The van der Waals surface area contributed by atoms with Gasteiger partial charge in [0.15, 0.2) is 17.8 Å². The SMILES string of the molecule is COC(O)C(P)Cn1cnc2c(N)ncnc21. The first kappa shape index (κ1) is 12.2. The number of hydrogen-bond acceptors (Lipinski definition) is 6. The number of aromatic nitrogens is 4. The van der Waals surface area contributed by atoms with Gasteiger partial charge < -0.3 is 20.1 Å². The van der Waals surface area contributed by atoms with E-state index in [-0.39, 0.29) is 5.66 Å². The predicted molar refractivity (Wildman–Crippen MR) is 66.2 cm³/mol. The standard InChI is InChI=1S/C9H14N5O2P/c1-16-9(15)5(17)2-14-4-13-6-7(10)11-3-12-8(6)14/h3-5,9,15H,2,17H2,1H3,(H2,10,11,12). The molecule has 8 heteroatoms. The molecule has 0 aliphatic heterocycles. The van der Waals surface area contributed by atoms with Crippen LogP contribution in [-0.4, -0.2) is 43.7 Å². The molecule has 3 unspecified atom stereocenters. The van der Waals surface area contributed by atoms with E-state index in [1.54, 1.807) is 10.9 Å². The molecule has 0 saturated carbocycles. The number of nitrogens with zero attached hydrogens (tertiary/aromatic N) is 4. The number of fused-ring (bicyclic) bond motifs is 1. The van der Waals surface area contributed by atoms with Gasteiger partial charge >= 0.3 is 0 Å². The van der Waals surface area contributed by atoms with Crippen molar-refractivity contribution in [1.29, 1.82) is 0 Å². The molecule has 0 aromatic carbocycles. The van der Waals surface area contributed by atoms with Crippen molar-refractivity contribution < 1.29 is 9.84 Å². The molecule has 0 bridgehead atoms. The number of hydrogen-bond donors (Lipinski definition) is 2. The maximum atomic E-state index is 9.52. The van der Waals surface area contributed by atoms with Crippen molar-refractivity contribution >= 4 is 26.2 Å². The normalized spacial score (nSPS) is 15.0. The van der Waals surface area contributed by atoms with E-state index in [4.69, 9.17) is 10.5 Å². The molecule has 0 amide bonds. The molecule has 2 aromatic heterocycles. The van der Waals surface area contributed by atoms with Crippen molar-refractivity contribution in [1.82, 2.24) is 19.5 Å². The molecule has 92 valence electrons. The molecule has 3 N–H and O–H groups in total. The highest BCUT2D eigenvalue weighted by atomic mass is 31.0. The van der Waals surface area contributed by atoms with E-state index in [9.17, 15) is 5.11 Å². The van der Waals surface area contributed by atoms with Gasteiger partial charge in [0, 0.05) is 19.3 Å². The number of nitrogen functional groups attached to an aromatic ring is 1. The second kappa shape index (κ2) is 4.91. The first-order valence-electron chi connectivity index (χ1n) is 5.01. The number of imidazole rings is 1. The number of rotatable bonds is 4. The molecule has 0 fully saturated rings. The lowest BCUT2D eigenvalue weighted by Crippen LogP contribution is -2.26. The number of aliphatic hydroxyl groups is 1. The van der Waals surface area contributed by atoms with Gasteiger partial charge in [-0.1, -0.05) is 0 Å². The number of anilines is 1. The molecule has 0 spiro atoms. The van der Waals surface area contributed by atoms with Crippen molar-refractivity contribution in [3.8, 4) is 0 Å². The minimum absolute atomic E-state index is 0.159. The Hall–Kier alpha value is -1.30. The van der Waals surface area contributed by atoms with Crippen LogP contribution in [0.1, 0.15) is 0 Å². The first-order chi connectivity index (χ1) is 8.13. The van der Waals surface area contributed by atoms with Gasteiger partial charge in [-0.2, -0.15) is 0 Å². The monoisotopic (exact) mass is 255 g/mol. The van der Waals surface area contributed by atoms with Crippen LogP contribution in [0.3, 0.4) is 0 Å². The van der Waals surface area contributed by atoms with Gasteiger partial charge in [-0.05, 0) is 0 Å². The zero-order chi connectivity index (χ0) is 12.4. The van der Waals surface area contributed by atoms with Gasteiger partial charge in [0.1, 0.15) is 11.8 Å². The molecular weight excluding hydrogens is 241 g/mol. The molecular formula is C9H14N5O2P. The Balaban J connectivity index is 2.28. The summed E-state index contributed by atoms with van der Waals surface area (Å²) in [7, 11) is 3.98. The van der Waals surface area contributed by atoms with E-state index in [1.807, 2.05) is 0 Å². The van der Waals surface area contributed by atoms with E-state index in [0.717, 1.165) is 0 Å². The largest absolute Gasteiger partial charge is 0.382 e. The van der Waals surface area contributed by atoms with Crippen molar-refractivity contribution in [2.75, 3.05) is 12.8 Å². The Morgan fingerprint density at radius 1 is 1.53 bits per heavy atom. The third-order valence-electron chi connectivity index (χ3n) is 2.44. The van der Waals surface area contributed by atoms with Gasteiger partial charge in [0.2, 0.25) is 0 Å². The van der Waals surface area contributed by atoms with E-state index in [0.29, 0.717) is 23.5 Å². The lowest BCUT2D eigenvalue weighted by Gasteiger charge is -2.17. The van der Waals surface area contributed by atoms with Crippen molar-refractivity contribution in [3.05, 3.63) is 12.7 Å². The van der Waals surface area contributed by atoms with Crippen LogP contribution in [0.15, 0.2) is 12.7 Å². The second-order valence-corrected chi connectivity index (χ2v) is 4.47. The topological polar surface area (TPSA) is 99.1 Å². The van der Waals surface area contributed by atoms with Gasteiger partial charge in [0.25, 0.3) is 0 Å². The highest BCUT2D eigenvalue weighted by Gasteiger charge is 2.16. The quantitative estimate of drug-likeness (QED) is 0.570. The molecule has 2 aromatic rings. The summed E-state index contributed by atoms with van der Waals surface area (Å²) in [5.74, 6) is 0.348. The van der Waals surface area contributed by atoms with Crippen LogP contribution in [0.25, 0.3) is 11.2 Å². The summed E-state index contributed by atoms with van der Waals surface area (Å²) in [5.41, 5.74) is 6.73. The van der Waals surface area contributed by atoms with Gasteiger partial charge in [-0.3, -0.25) is 0 Å². The Morgan fingerprint density at radius 3 is 3.00 bits per heavy atom. The summed E-state index contributed by atoms with van der Waals surface area (Å²) in [6.07, 6.45) is 2.16. The number of methoxy groups -OCH3 is 1. The minimum atomic E-state index is -0.850. The molecule has 7 nitrogen and oxygen atoms in total. The Kier molecular flexibility index (Phi) is 3.51. The molecule has 17 heavy (non-hydrogen) atoms. The Labute approximate surface area is 100 Å².